The van der Waals surface area contributed by atoms with E-state index in [-0.39, 0.29) is 18.2 Å². The van der Waals surface area contributed by atoms with Crippen LogP contribution in [0.15, 0.2) is 71.5 Å². The zero-order chi connectivity index (χ0) is 23.1. The molecule has 0 saturated heterocycles. The van der Waals surface area contributed by atoms with Crippen LogP contribution in [0, 0.1) is 0 Å². The molecule has 0 spiro atoms. The van der Waals surface area contributed by atoms with Gasteiger partial charge in [0.1, 0.15) is 5.75 Å². The minimum atomic E-state index is -0.504. The molecule has 3 aromatic rings. The molecule has 7 nitrogen and oxygen atoms in total. The van der Waals surface area contributed by atoms with Gasteiger partial charge in [0.05, 0.1) is 12.8 Å². The third-order valence-corrected chi connectivity index (χ3v) is 5.48. The number of hydrogen-bond acceptors (Lipinski definition) is 5. The summed E-state index contributed by atoms with van der Waals surface area (Å²) in [5.41, 5.74) is 8.95. The Balaban J connectivity index is 1.67. The lowest BCUT2D eigenvalue weighted by Crippen LogP contribution is -2.33. The maximum absolute atomic E-state index is 13.0. The van der Waals surface area contributed by atoms with Crippen molar-refractivity contribution in [3.8, 4) is 5.75 Å². The van der Waals surface area contributed by atoms with Gasteiger partial charge in [0.2, 0.25) is 5.91 Å². The molecule has 0 bridgehead atoms. The Labute approximate surface area is 195 Å². The highest BCUT2D eigenvalue weighted by molar-refractivity contribution is 9.10. The average Bonchev–Trinajstić information content (AvgIpc) is 2.81. The minimum Gasteiger partial charge on any atom is -0.495 e. The Kier molecular flexibility index (Phi) is 7.97. The maximum Gasteiger partial charge on any atom is 0.255 e. The van der Waals surface area contributed by atoms with Gasteiger partial charge < -0.3 is 20.7 Å². The number of nitrogens with two attached hydrogens (primary N) is 1. The maximum atomic E-state index is 13.0. The lowest BCUT2D eigenvalue weighted by atomic mass is 10.0. The lowest BCUT2D eigenvalue weighted by molar-refractivity contribution is -0.118. The van der Waals surface area contributed by atoms with Crippen LogP contribution in [0.2, 0.25) is 0 Å². The fourth-order valence-electron chi connectivity index (χ4n) is 3.29. The van der Waals surface area contributed by atoms with Crippen molar-refractivity contribution < 1.29 is 14.3 Å². The summed E-state index contributed by atoms with van der Waals surface area (Å²) in [7, 11) is 1.57. The highest BCUT2D eigenvalue weighted by atomic mass is 79.9. The number of halogens is 1. The van der Waals surface area contributed by atoms with E-state index in [4.69, 9.17) is 10.5 Å². The fraction of sp³-hybridized carbons (Fsp3) is 0.208. The largest absolute Gasteiger partial charge is 0.495 e. The summed E-state index contributed by atoms with van der Waals surface area (Å²) in [4.78, 5) is 31.0. The molecule has 0 fully saturated rings. The number of pyridine rings is 1. The van der Waals surface area contributed by atoms with Crippen molar-refractivity contribution in [2.45, 2.75) is 19.4 Å². The normalized spacial score (nSPS) is 11.5. The van der Waals surface area contributed by atoms with E-state index in [1.165, 1.54) is 0 Å². The predicted molar refractivity (Wildman–Crippen MR) is 129 cm³/mol. The summed E-state index contributed by atoms with van der Waals surface area (Å²) in [6.45, 7) is 2.39. The molecule has 0 saturated carbocycles. The number of carbonyl (C=O) groups excluding carboxylic acids is 2. The fourth-order valence-corrected chi connectivity index (χ4v) is 3.63. The molecule has 32 heavy (non-hydrogen) atoms. The summed E-state index contributed by atoms with van der Waals surface area (Å²) in [6.07, 6.45) is 3.34. The summed E-state index contributed by atoms with van der Waals surface area (Å²) < 4.78 is 6.30. The topological polar surface area (TPSA) is 97.5 Å². The molecule has 0 aliphatic heterocycles. The molecule has 1 heterocycles. The smallest absolute Gasteiger partial charge is 0.255 e. The van der Waals surface area contributed by atoms with E-state index in [0.29, 0.717) is 29.2 Å². The second-order valence-corrected chi connectivity index (χ2v) is 7.99. The number of amides is 2. The van der Waals surface area contributed by atoms with Crippen LogP contribution in [0.3, 0.4) is 0 Å². The molecule has 1 unspecified atom stereocenters. The Morgan fingerprint density at radius 1 is 1.12 bits per heavy atom. The summed E-state index contributed by atoms with van der Waals surface area (Å²) >= 11 is 3.42. The lowest BCUT2D eigenvalue weighted by Gasteiger charge is -2.25. The molecule has 166 valence electrons. The molecule has 1 atom stereocenters. The van der Waals surface area contributed by atoms with E-state index >= 15 is 0 Å². The van der Waals surface area contributed by atoms with Crippen molar-refractivity contribution in [3.05, 3.63) is 82.6 Å². The number of benzene rings is 2. The summed E-state index contributed by atoms with van der Waals surface area (Å²) in [5.74, 6) is 0.264. The minimum absolute atomic E-state index is 0.111. The molecule has 0 aliphatic rings. The van der Waals surface area contributed by atoms with Crippen molar-refractivity contribution in [3.63, 3.8) is 0 Å². The van der Waals surface area contributed by atoms with Crippen LogP contribution in [-0.2, 0) is 4.79 Å². The number of ether oxygens (including phenoxy) is 1. The van der Waals surface area contributed by atoms with Crippen molar-refractivity contribution in [2.24, 2.45) is 5.73 Å². The van der Waals surface area contributed by atoms with Crippen LogP contribution in [0.25, 0.3) is 0 Å². The van der Waals surface area contributed by atoms with Gasteiger partial charge in [0.25, 0.3) is 5.91 Å². The SMILES string of the molecule is CCN(C(=O)CC(N)c1ccc(C(=O)Nc2ccncc2)cc1)c1ccc(Br)cc1OC. The zero-order valence-electron chi connectivity index (χ0n) is 17.9. The van der Waals surface area contributed by atoms with Gasteiger partial charge in [0, 0.05) is 47.1 Å². The van der Waals surface area contributed by atoms with Crippen molar-refractivity contribution in [1.29, 1.82) is 0 Å². The Morgan fingerprint density at radius 3 is 2.44 bits per heavy atom. The molecule has 0 aliphatic carbocycles. The predicted octanol–water partition coefficient (Wildman–Crippen LogP) is 4.55. The molecular formula is C24H25BrN4O3. The second kappa shape index (κ2) is 10.9. The summed E-state index contributed by atoms with van der Waals surface area (Å²) in [6, 6.07) is 15.4. The zero-order valence-corrected chi connectivity index (χ0v) is 19.5. The van der Waals surface area contributed by atoms with Crippen molar-refractivity contribution in [2.75, 3.05) is 23.9 Å². The monoisotopic (exact) mass is 496 g/mol. The van der Waals surface area contributed by atoms with Gasteiger partial charge in [-0.15, -0.1) is 0 Å². The Bertz CT molecular complexity index is 1070. The van der Waals surface area contributed by atoms with Crippen LogP contribution >= 0.6 is 15.9 Å². The van der Waals surface area contributed by atoms with E-state index < -0.39 is 6.04 Å². The number of carbonyl (C=O) groups is 2. The van der Waals surface area contributed by atoms with Gasteiger partial charge in [-0.1, -0.05) is 28.1 Å². The van der Waals surface area contributed by atoms with Gasteiger partial charge in [-0.2, -0.15) is 0 Å². The van der Waals surface area contributed by atoms with E-state index in [1.54, 1.807) is 60.8 Å². The van der Waals surface area contributed by atoms with Crippen molar-refractivity contribution >= 4 is 39.1 Å². The first kappa shape index (κ1) is 23.4. The quantitative estimate of drug-likeness (QED) is 0.476. The standard InChI is InChI=1S/C24H25BrN4O3/c1-3-29(21-9-8-18(25)14-22(21)32-2)23(30)15-20(26)16-4-6-17(7-5-16)24(31)28-19-10-12-27-13-11-19/h4-14,20H,3,15,26H2,1-2H3,(H,27,28,31). The third kappa shape index (κ3) is 5.72. The molecule has 2 amide bonds. The van der Waals surface area contributed by atoms with Gasteiger partial charge >= 0.3 is 0 Å². The van der Waals surface area contributed by atoms with E-state index in [0.717, 1.165) is 10.0 Å². The van der Waals surface area contributed by atoms with Crippen molar-refractivity contribution in [1.82, 2.24) is 4.98 Å². The average molecular weight is 497 g/mol. The Hall–Kier alpha value is -3.23. The number of nitrogens with one attached hydrogen (secondary N) is 1. The van der Waals surface area contributed by atoms with Crippen LogP contribution in [0.5, 0.6) is 5.75 Å². The van der Waals surface area contributed by atoms with Gasteiger partial charge in [-0.25, -0.2) is 0 Å². The van der Waals surface area contributed by atoms with Crippen LogP contribution in [-0.4, -0.2) is 30.5 Å². The number of aromatic nitrogens is 1. The molecule has 8 heteroatoms. The van der Waals surface area contributed by atoms with Gasteiger partial charge in [-0.3, -0.25) is 14.6 Å². The molecule has 0 radical (unpaired) electrons. The number of rotatable bonds is 8. The van der Waals surface area contributed by atoms with Crippen LogP contribution in [0.4, 0.5) is 11.4 Å². The first-order chi connectivity index (χ1) is 15.4. The number of hydrogen-bond donors (Lipinski definition) is 2. The van der Waals surface area contributed by atoms with Crippen LogP contribution < -0.4 is 20.7 Å². The van der Waals surface area contributed by atoms with E-state index in [9.17, 15) is 9.59 Å². The molecular weight excluding hydrogens is 472 g/mol. The summed E-state index contributed by atoms with van der Waals surface area (Å²) in [5, 5.41) is 2.81. The van der Waals surface area contributed by atoms with Crippen LogP contribution in [0.1, 0.15) is 35.3 Å². The number of methoxy groups -OCH3 is 1. The molecule has 3 N–H and O–H groups in total. The molecule has 2 aromatic carbocycles. The number of anilines is 2. The second-order valence-electron chi connectivity index (χ2n) is 7.08. The first-order valence-corrected chi connectivity index (χ1v) is 10.9. The highest BCUT2D eigenvalue weighted by Crippen LogP contribution is 2.32. The van der Waals surface area contributed by atoms with Gasteiger partial charge in [0.15, 0.2) is 0 Å². The first-order valence-electron chi connectivity index (χ1n) is 10.1. The molecule has 3 rings (SSSR count). The van der Waals surface area contributed by atoms with E-state index in [2.05, 4.69) is 26.2 Å². The van der Waals surface area contributed by atoms with E-state index in [1.807, 2.05) is 25.1 Å². The highest BCUT2D eigenvalue weighted by Gasteiger charge is 2.21. The third-order valence-electron chi connectivity index (χ3n) is 4.98. The Morgan fingerprint density at radius 2 is 1.81 bits per heavy atom. The van der Waals surface area contributed by atoms with Gasteiger partial charge in [-0.05, 0) is 55.0 Å². The number of nitrogens with zero attached hydrogens (tertiary/aromatic N) is 2. The molecule has 1 aromatic heterocycles.